The molecule has 2 heterocycles. The topological polar surface area (TPSA) is 34.1 Å². The molecule has 0 amide bonds. The number of pyridine rings is 1. The minimum atomic E-state index is 0.467. The monoisotopic (exact) mass is 282 g/mol. The summed E-state index contributed by atoms with van der Waals surface area (Å²) in [6.07, 6.45) is 9.67. The SMILES string of the molecule is CCNC(CCC1CCCO1)Cc1ccncc1Cl. The van der Waals surface area contributed by atoms with Crippen LogP contribution in [0, 0.1) is 0 Å². The third-order valence-corrected chi connectivity index (χ3v) is 4.02. The van der Waals surface area contributed by atoms with E-state index in [0.717, 1.165) is 37.4 Å². The molecular weight excluding hydrogens is 260 g/mol. The molecule has 4 heteroatoms. The van der Waals surface area contributed by atoms with Gasteiger partial charge in [0.15, 0.2) is 0 Å². The van der Waals surface area contributed by atoms with Crippen LogP contribution in [0.2, 0.25) is 5.02 Å². The Morgan fingerprint density at radius 2 is 2.47 bits per heavy atom. The van der Waals surface area contributed by atoms with Gasteiger partial charge < -0.3 is 10.1 Å². The molecule has 0 saturated carbocycles. The van der Waals surface area contributed by atoms with Crippen molar-refractivity contribution in [3.05, 3.63) is 29.0 Å². The maximum absolute atomic E-state index is 6.18. The number of aromatic nitrogens is 1. The van der Waals surface area contributed by atoms with Crippen molar-refractivity contribution in [2.75, 3.05) is 13.2 Å². The Hall–Kier alpha value is -0.640. The number of hydrogen-bond acceptors (Lipinski definition) is 3. The summed E-state index contributed by atoms with van der Waals surface area (Å²) in [7, 11) is 0. The van der Waals surface area contributed by atoms with E-state index in [4.69, 9.17) is 16.3 Å². The molecule has 0 bridgehead atoms. The van der Waals surface area contributed by atoms with Gasteiger partial charge in [-0.15, -0.1) is 0 Å². The van der Waals surface area contributed by atoms with Crippen LogP contribution in [-0.4, -0.2) is 30.3 Å². The van der Waals surface area contributed by atoms with Gasteiger partial charge in [-0.3, -0.25) is 4.98 Å². The van der Waals surface area contributed by atoms with E-state index in [2.05, 4.69) is 17.2 Å². The molecule has 2 atom stereocenters. The highest BCUT2D eigenvalue weighted by molar-refractivity contribution is 6.31. The van der Waals surface area contributed by atoms with Gasteiger partial charge in [-0.1, -0.05) is 18.5 Å². The van der Waals surface area contributed by atoms with Crippen LogP contribution >= 0.6 is 11.6 Å². The van der Waals surface area contributed by atoms with E-state index in [-0.39, 0.29) is 0 Å². The van der Waals surface area contributed by atoms with Gasteiger partial charge >= 0.3 is 0 Å². The lowest BCUT2D eigenvalue weighted by atomic mass is 10.00. The first-order valence-electron chi connectivity index (χ1n) is 7.23. The van der Waals surface area contributed by atoms with E-state index in [0.29, 0.717) is 12.1 Å². The molecule has 2 unspecified atom stereocenters. The Morgan fingerprint density at radius 1 is 1.58 bits per heavy atom. The molecule has 0 radical (unpaired) electrons. The number of ether oxygens (including phenoxy) is 1. The van der Waals surface area contributed by atoms with Crippen LogP contribution < -0.4 is 5.32 Å². The first-order valence-corrected chi connectivity index (χ1v) is 7.60. The van der Waals surface area contributed by atoms with Gasteiger partial charge in [-0.2, -0.15) is 0 Å². The normalized spacial score (nSPS) is 20.6. The predicted molar refractivity (Wildman–Crippen MR) is 78.6 cm³/mol. The second-order valence-corrected chi connectivity index (χ2v) is 5.55. The van der Waals surface area contributed by atoms with Gasteiger partial charge in [-0.05, 0) is 50.3 Å². The van der Waals surface area contributed by atoms with Crippen LogP contribution in [0.5, 0.6) is 0 Å². The van der Waals surface area contributed by atoms with Gasteiger partial charge in [0.1, 0.15) is 0 Å². The van der Waals surface area contributed by atoms with E-state index in [9.17, 15) is 0 Å². The smallest absolute Gasteiger partial charge is 0.0621 e. The fourth-order valence-electron chi connectivity index (χ4n) is 2.66. The fourth-order valence-corrected chi connectivity index (χ4v) is 2.86. The Balaban J connectivity index is 1.86. The Bertz CT molecular complexity index is 380. The first kappa shape index (κ1) is 14.8. The Morgan fingerprint density at radius 3 is 3.16 bits per heavy atom. The van der Waals surface area contributed by atoms with Crippen LogP contribution in [-0.2, 0) is 11.2 Å². The quantitative estimate of drug-likeness (QED) is 0.834. The van der Waals surface area contributed by atoms with Crippen molar-refractivity contribution in [2.24, 2.45) is 0 Å². The zero-order valence-electron chi connectivity index (χ0n) is 11.6. The van der Waals surface area contributed by atoms with Crippen LogP contribution in [0.3, 0.4) is 0 Å². The summed E-state index contributed by atoms with van der Waals surface area (Å²) in [6, 6.07) is 2.48. The molecule has 0 spiro atoms. The van der Waals surface area contributed by atoms with Gasteiger partial charge in [0.25, 0.3) is 0 Å². The number of halogens is 1. The molecule has 1 N–H and O–H groups in total. The number of rotatable bonds is 7. The lowest BCUT2D eigenvalue weighted by Gasteiger charge is -2.20. The van der Waals surface area contributed by atoms with Crippen LogP contribution in [0.1, 0.15) is 38.2 Å². The lowest BCUT2D eigenvalue weighted by molar-refractivity contribution is 0.0996. The van der Waals surface area contributed by atoms with Gasteiger partial charge in [0, 0.05) is 25.0 Å². The Kier molecular flexibility index (Phi) is 6.08. The van der Waals surface area contributed by atoms with Crippen molar-refractivity contribution in [2.45, 2.75) is 51.2 Å². The van der Waals surface area contributed by atoms with E-state index in [1.807, 2.05) is 12.3 Å². The molecule has 3 nitrogen and oxygen atoms in total. The Labute approximate surface area is 120 Å². The molecule has 2 rings (SSSR count). The zero-order chi connectivity index (χ0) is 13.5. The summed E-state index contributed by atoms with van der Waals surface area (Å²) in [5.74, 6) is 0. The molecule has 1 fully saturated rings. The number of nitrogens with one attached hydrogen (secondary N) is 1. The molecule has 19 heavy (non-hydrogen) atoms. The van der Waals surface area contributed by atoms with E-state index >= 15 is 0 Å². The zero-order valence-corrected chi connectivity index (χ0v) is 12.3. The van der Waals surface area contributed by atoms with E-state index in [1.54, 1.807) is 6.20 Å². The van der Waals surface area contributed by atoms with Gasteiger partial charge in [-0.25, -0.2) is 0 Å². The highest BCUT2D eigenvalue weighted by Crippen LogP contribution is 2.21. The van der Waals surface area contributed by atoms with Crippen LogP contribution in [0.25, 0.3) is 0 Å². The van der Waals surface area contributed by atoms with Crippen molar-refractivity contribution in [3.63, 3.8) is 0 Å². The number of nitrogens with zero attached hydrogens (tertiary/aromatic N) is 1. The molecule has 1 aliphatic heterocycles. The second-order valence-electron chi connectivity index (χ2n) is 5.14. The first-order chi connectivity index (χ1) is 9.29. The fraction of sp³-hybridized carbons (Fsp3) is 0.667. The van der Waals surface area contributed by atoms with Gasteiger partial charge in [0.05, 0.1) is 11.1 Å². The highest BCUT2D eigenvalue weighted by Gasteiger charge is 2.18. The standard InChI is InChI=1S/C15H23ClN2O/c1-2-18-13(5-6-14-4-3-9-19-14)10-12-7-8-17-11-15(12)16/h7-8,11,13-14,18H,2-6,9-10H2,1H3. The summed E-state index contributed by atoms with van der Waals surface area (Å²) in [6.45, 7) is 4.07. The summed E-state index contributed by atoms with van der Waals surface area (Å²) in [5.41, 5.74) is 1.18. The average molecular weight is 283 g/mol. The third-order valence-electron chi connectivity index (χ3n) is 3.68. The summed E-state index contributed by atoms with van der Waals surface area (Å²) in [4.78, 5) is 4.03. The van der Waals surface area contributed by atoms with Crippen LogP contribution in [0.4, 0.5) is 0 Å². The predicted octanol–water partition coefficient (Wildman–Crippen LogP) is 3.21. The third kappa shape index (κ3) is 4.75. The van der Waals surface area contributed by atoms with Crippen molar-refractivity contribution in [1.29, 1.82) is 0 Å². The molecule has 0 aliphatic carbocycles. The molecule has 0 aromatic carbocycles. The summed E-state index contributed by atoms with van der Waals surface area (Å²) < 4.78 is 5.69. The average Bonchev–Trinajstić information content (AvgIpc) is 2.92. The van der Waals surface area contributed by atoms with Crippen molar-refractivity contribution in [3.8, 4) is 0 Å². The largest absolute Gasteiger partial charge is 0.378 e. The minimum absolute atomic E-state index is 0.467. The summed E-state index contributed by atoms with van der Waals surface area (Å²) in [5, 5.41) is 4.31. The highest BCUT2D eigenvalue weighted by atomic mass is 35.5. The molecular formula is C15H23ClN2O. The number of hydrogen-bond donors (Lipinski definition) is 1. The van der Waals surface area contributed by atoms with Crippen molar-refractivity contribution < 1.29 is 4.74 Å². The second kappa shape index (κ2) is 7.83. The van der Waals surface area contributed by atoms with Gasteiger partial charge in [0.2, 0.25) is 0 Å². The summed E-state index contributed by atoms with van der Waals surface area (Å²) >= 11 is 6.18. The molecule has 1 aromatic heterocycles. The lowest BCUT2D eigenvalue weighted by Crippen LogP contribution is -2.32. The maximum Gasteiger partial charge on any atom is 0.0621 e. The van der Waals surface area contributed by atoms with E-state index < -0.39 is 0 Å². The molecule has 106 valence electrons. The maximum atomic E-state index is 6.18. The minimum Gasteiger partial charge on any atom is -0.378 e. The van der Waals surface area contributed by atoms with E-state index in [1.165, 1.54) is 18.4 Å². The number of likely N-dealkylation sites (N-methyl/N-ethyl adjacent to an activating group) is 1. The van der Waals surface area contributed by atoms with Crippen molar-refractivity contribution >= 4 is 11.6 Å². The van der Waals surface area contributed by atoms with Crippen molar-refractivity contribution in [1.82, 2.24) is 10.3 Å². The molecule has 1 aromatic rings. The molecule has 1 saturated heterocycles. The van der Waals surface area contributed by atoms with Crippen LogP contribution in [0.15, 0.2) is 18.5 Å². The molecule has 1 aliphatic rings.